The Morgan fingerprint density at radius 2 is 1.83 bits per heavy atom. The van der Waals surface area contributed by atoms with Gasteiger partial charge in [0, 0.05) is 11.4 Å². The Labute approximate surface area is 145 Å². The van der Waals surface area contributed by atoms with Crippen LogP contribution in [0.1, 0.15) is 27.9 Å². The van der Waals surface area contributed by atoms with E-state index in [2.05, 4.69) is 28.6 Å². The first kappa shape index (κ1) is 16.2. The fourth-order valence-corrected chi connectivity index (χ4v) is 3.24. The maximum absolute atomic E-state index is 12.5. The number of benzene rings is 2. The lowest BCUT2D eigenvalue weighted by Crippen LogP contribution is -2.11. The van der Waals surface area contributed by atoms with E-state index in [1.807, 2.05) is 55.5 Å². The third-order valence-electron chi connectivity index (χ3n) is 3.62. The highest BCUT2D eigenvalue weighted by Crippen LogP contribution is 2.26. The molecule has 0 aliphatic carbocycles. The van der Waals surface area contributed by atoms with Crippen molar-refractivity contribution in [2.45, 2.75) is 20.3 Å². The first-order chi connectivity index (χ1) is 11.7. The molecule has 3 aromatic rings. The molecule has 0 atom stereocenters. The van der Waals surface area contributed by atoms with Crippen LogP contribution in [0, 0.1) is 6.92 Å². The number of hydrogen-bond acceptors (Lipinski definition) is 4. The summed E-state index contributed by atoms with van der Waals surface area (Å²) in [7, 11) is 0. The summed E-state index contributed by atoms with van der Waals surface area (Å²) in [6.45, 7) is 3.94. The summed E-state index contributed by atoms with van der Waals surface area (Å²) in [5, 5.41) is 6.90. The van der Waals surface area contributed by atoms with Crippen LogP contribution in [0.2, 0.25) is 0 Å². The monoisotopic (exact) mass is 337 g/mol. The highest BCUT2D eigenvalue weighted by Gasteiger charge is 2.15. The van der Waals surface area contributed by atoms with Crippen molar-refractivity contribution in [3.05, 3.63) is 70.7 Å². The van der Waals surface area contributed by atoms with E-state index in [4.69, 9.17) is 0 Å². The molecule has 0 bridgehead atoms. The molecule has 0 aliphatic heterocycles. The average Bonchev–Trinajstić information content (AvgIpc) is 2.96. The zero-order valence-corrected chi connectivity index (χ0v) is 14.5. The summed E-state index contributed by atoms with van der Waals surface area (Å²) < 4.78 is 0. The number of rotatable bonds is 5. The molecule has 122 valence electrons. The van der Waals surface area contributed by atoms with E-state index in [1.54, 1.807) is 0 Å². The Hall–Kier alpha value is -2.66. The number of carbonyl (C=O) groups is 1. The number of nitrogens with one attached hydrogen (secondary N) is 2. The first-order valence-electron chi connectivity index (χ1n) is 7.85. The number of carbonyl (C=O) groups excluding carboxylic acids is 1. The third-order valence-corrected chi connectivity index (χ3v) is 4.69. The van der Waals surface area contributed by atoms with Crippen LogP contribution in [0.5, 0.6) is 0 Å². The Kier molecular flexibility index (Phi) is 4.91. The Bertz CT molecular complexity index is 843. The predicted octanol–water partition coefficient (Wildman–Crippen LogP) is 5.01. The quantitative estimate of drug-likeness (QED) is 0.688. The molecule has 2 N–H and O–H groups in total. The van der Waals surface area contributed by atoms with E-state index in [0.717, 1.165) is 23.5 Å². The van der Waals surface area contributed by atoms with E-state index in [9.17, 15) is 4.79 Å². The normalized spacial score (nSPS) is 10.4. The van der Waals surface area contributed by atoms with Crippen molar-refractivity contribution in [3.63, 3.8) is 0 Å². The standard InChI is InChI=1S/C19H19N3OS/c1-3-14-8-7-11-16(12-14)21-18(23)17-13(2)20-19(24-17)22-15-9-5-4-6-10-15/h4-12H,3H2,1-2H3,(H,20,22)(H,21,23). The van der Waals surface area contributed by atoms with Gasteiger partial charge in [-0.1, -0.05) is 48.6 Å². The van der Waals surface area contributed by atoms with Crippen LogP contribution in [-0.4, -0.2) is 10.9 Å². The largest absolute Gasteiger partial charge is 0.332 e. The lowest BCUT2D eigenvalue weighted by atomic mass is 10.1. The van der Waals surface area contributed by atoms with E-state index >= 15 is 0 Å². The van der Waals surface area contributed by atoms with Gasteiger partial charge in [0.1, 0.15) is 4.88 Å². The number of aromatic nitrogens is 1. The lowest BCUT2D eigenvalue weighted by Gasteiger charge is -2.05. The second-order valence-corrected chi connectivity index (χ2v) is 6.43. The lowest BCUT2D eigenvalue weighted by molar-refractivity contribution is 0.103. The predicted molar refractivity (Wildman–Crippen MR) is 100 cm³/mol. The van der Waals surface area contributed by atoms with Gasteiger partial charge in [0.15, 0.2) is 5.13 Å². The van der Waals surface area contributed by atoms with Gasteiger partial charge in [0.25, 0.3) is 5.91 Å². The van der Waals surface area contributed by atoms with E-state index < -0.39 is 0 Å². The minimum atomic E-state index is -0.126. The van der Waals surface area contributed by atoms with Crippen LogP contribution in [0.25, 0.3) is 0 Å². The smallest absolute Gasteiger partial charge is 0.267 e. The van der Waals surface area contributed by atoms with Gasteiger partial charge in [0.2, 0.25) is 0 Å². The molecule has 0 fully saturated rings. The van der Waals surface area contributed by atoms with Gasteiger partial charge in [-0.3, -0.25) is 4.79 Å². The average molecular weight is 337 g/mol. The van der Waals surface area contributed by atoms with E-state index in [0.29, 0.717) is 10.0 Å². The molecule has 3 rings (SSSR count). The summed E-state index contributed by atoms with van der Waals surface area (Å²) in [6, 6.07) is 17.7. The minimum absolute atomic E-state index is 0.126. The summed E-state index contributed by atoms with van der Waals surface area (Å²) >= 11 is 1.36. The number of aryl methyl sites for hydroxylation is 2. The second-order valence-electron chi connectivity index (χ2n) is 5.43. The molecule has 0 spiro atoms. The maximum atomic E-state index is 12.5. The number of anilines is 3. The SMILES string of the molecule is CCc1cccc(NC(=O)c2sc(Nc3ccccc3)nc2C)c1. The molecule has 1 heterocycles. The molecule has 1 amide bonds. The first-order valence-corrected chi connectivity index (χ1v) is 8.67. The third kappa shape index (κ3) is 3.81. The van der Waals surface area contributed by atoms with Crippen molar-refractivity contribution in [2.75, 3.05) is 10.6 Å². The Balaban J connectivity index is 1.75. The number of hydrogen-bond donors (Lipinski definition) is 2. The summed E-state index contributed by atoms with van der Waals surface area (Å²) in [5.74, 6) is -0.126. The molecule has 0 saturated carbocycles. The summed E-state index contributed by atoms with van der Waals surface area (Å²) in [4.78, 5) is 17.6. The molecular weight excluding hydrogens is 318 g/mol. The highest BCUT2D eigenvalue weighted by atomic mass is 32.1. The van der Waals surface area contributed by atoms with Crippen LogP contribution in [-0.2, 0) is 6.42 Å². The van der Waals surface area contributed by atoms with Crippen molar-refractivity contribution in [1.29, 1.82) is 0 Å². The minimum Gasteiger partial charge on any atom is -0.332 e. The molecule has 0 aliphatic rings. The van der Waals surface area contributed by atoms with E-state index in [-0.39, 0.29) is 5.91 Å². The topological polar surface area (TPSA) is 54.0 Å². The molecule has 24 heavy (non-hydrogen) atoms. The van der Waals surface area contributed by atoms with Gasteiger partial charge in [0.05, 0.1) is 5.69 Å². The van der Waals surface area contributed by atoms with Gasteiger partial charge in [-0.15, -0.1) is 0 Å². The zero-order valence-electron chi connectivity index (χ0n) is 13.7. The van der Waals surface area contributed by atoms with Gasteiger partial charge in [-0.05, 0) is 43.2 Å². The van der Waals surface area contributed by atoms with Gasteiger partial charge >= 0.3 is 0 Å². The van der Waals surface area contributed by atoms with E-state index in [1.165, 1.54) is 16.9 Å². The molecule has 0 radical (unpaired) electrons. The van der Waals surface area contributed by atoms with Gasteiger partial charge < -0.3 is 10.6 Å². The molecule has 0 saturated heterocycles. The molecular formula is C19H19N3OS. The van der Waals surface area contributed by atoms with Gasteiger partial charge in [-0.25, -0.2) is 4.98 Å². The van der Waals surface area contributed by atoms with Crippen LogP contribution in [0.15, 0.2) is 54.6 Å². The van der Waals surface area contributed by atoms with Crippen molar-refractivity contribution < 1.29 is 4.79 Å². The molecule has 2 aromatic carbocycles. The Morgan fingerprint density at radius 3 is 2.58 bits per heavy atom. The highest BCUT2D eigenvalue weighted by molar-refractivity contribution is 7.17. The summed E-state index contributed by atoms with van der Waals surface area (Å²) in [6.07, 6.45) is 0.939. The van der Waals surface area contributed by atoms with Gasteiger partial charge in [-0.2, -0.15) is 0 Å². The van der Waals surface area contributed by atoms with Crippen LogP contribution >= 0.6 is 11.3 Å². The van der Waals surface area contributed by atoms with Crippen LogP contribution in [0.3, 0.4) is 0 Å². The molecule has 5 heteroatoms. The molecule has 0 unspecified atom stereocenters. The number of para-hydroxylation sites is 1. The van der Waals surface area contributed by atoms with Crippen molar-refractivity contribution in [2.24, 2.45) is 0 Å². The fraction of sp³-hybridized carbons (Fsp3) is 0.158. The fourth-order valence-electron chi connectivity index (χ4n) is 2.36. The molecule has 4 nitrogen and oxygen atoms in total. The number of thiazole rings is 1. The van der Waals surface area contributed by atoms with Crippen molar-refractivity contribution in [1.82, 2.24) is 4.98 Å². The van der Waals surface area contributed by atoms with Crippen LogP contribution in [0.4, 0.5) is 16.5 Å². The van der Waals surface area contributed by atoms with Crippen molar-refractivity contribution in [3.8, 4) is 0 Å². The Morgan fingerprint density at radius 1 is 1.08 bits per heavy atom. The second kappa shape index (κ2) is 7.27. The van der Waals surface area contributed by atoms with Crippen molar-refractivity contribution >= 4 is 33.8 Å². The number of amides is 1. The zero-order chi connectivity index (χ0) is 16.9. The number of nitrogens with zero attached hydrogens (tertiary/aromatic N) is 1. The summed E-state index contributed by atoms with van der Waals surface area (Å²) in [5.41, 5.74) is 3.68. The van der Waals surface area contributed by atoms with Crippen LogP contribution < -0.4 is 10.6 Å². The maximum Gasteiger partial charge on any atom is 0.267 e. The molecule has 1 aromatic heterocycles.